The monoisotopic (exact) mass is 223 g/mol. The summed E-state index contributed by atoms with van der Waals surface area (Å²) in [4.78, 5) is 1.21. The topological polar surface area (TPSA) is 26.0 Å². The smallest absolute Gasteiger partial charge is 0.0260 e. The molecule has 0 radical (unpaired) electrons. The van der Waals surface area contributed by atoms with Gasteiger partial charge in [-0.1, -0.05) is 45.9 Å². The Hall–Kier alpha value is -0.470. The maximum Gasteiger partial charge on any atom is 0.0260 e. The van der Waals surface area contributed by atoms with E-state index >= 15 is 0 Å². The van der Waals surface area contributed by atoms with E-state index in [2.05, 4.69) is 45.9 Å². The number of rotatable bonds is 3. The van der Waals surface area contributed by atoms with Crippen LogP contribution in [0.25, 0.3) is 0 Å². The van der Waals surface area contributed by atoms with Crippen molar-refractivity contribution >= 4 is 11.9 Å². The molecule has 1 nitrogen and oxygen atoms in total. The van der Waals surface area contributed by atoms with E-state index in [1.54, 1.807) is 0 Å². The van der Waals surface area contributed by atoms with Gasteiger partial charge in [-0.3, -0.25) is 5.14 Å². The van der Waals surface area contributed by atoms with Crippen LogP contribution in [0.15, 0.2) is 29.2 Å². The molecule has 1 atom stereocenters. The molecular formula is C13H21NS. The van der Waals surface area contributed by atoms with Gasteiger partial charge in [0.2, 0.25) is 0 Å². The van der Waals surface area contributed by atoms with E-state index in [0.29, 0.717) is 11.3 Å². The lowest BCUT2D eigenvalue weighted by molar-refractivity contribution is 0.309. The first-order chi connectivity index (χ1) is 7.00. The summed E-state index contributed by atoms with van der Waals surface area (Å²) in [6.45, 7) is 9.12. The Balaban J connectivity index is 3.12. The van der Waals surface area contributed by atoms with Crippen LogP contribution >= 0.6 is 11.9 Å². The number of nitrogens with two attached hydrogens (primary N) is 1. The van der Waals surface area contributed by atoms with E-state index in [4.69, 9.17) is 5.14 Å². The predicted octanol–water partition coefficient (Wildman–Crippen LogP) is 4.19. The molecule has 1 aromatic rings. The lowest BCUT2D eigenvalue weighted by Crippen LogP contribution is -2.18. The van der Waals surface area contributed by atoms with Crippen LogP contribution in [0.2, 0.25) is 0 Å². The minimum absolute atomic E-state index is 0.292. The van der Waals surface area contributed by atoms with Crippen LogP contribution < -0.4 is 5.14 Å². The van der Waals surface area contributed by atoms with E-state index in [9.17, 15) is 0 Å². The molecule has 0 aliphatic carbocycles. The molecule has 1 rings (SSSR count). The summed E-state index contributed by atoms with van der Waals surface area (Å²) in [5.74, 6) is 0.574. The van der Waals surface area contributed by atoms with Gasteiger partial charge >= 0.3 is 0 Å². The van der Waals surface area contributed by atoms with Gasteiger partial charge in [-0.2, -0.15) is 0 Å². The number of hydrogen-bond acceptors (Lipinski definition) is 2. The maximum atomic E-state index is 5.70. The van der Waals surface area contributed by atoms with E-state index in [1.807, 2.05) is 6.07 Å². The molecular weight excluding hydrogens is 202 g/mol. The third-order valence-electron chi connectivity index (χ3n) is 2.88. The minimum atomic E-state index is 0.292. The van der Waals surface area contributed by atoms with E-state index in [-0.39, 0.29) is 0 Å². The molecule has 0 bridgehead atoms. The summed E-state index contributed by atoms with van der Waals surface area (Å²) < 4.78 is 0. The first-order valence-electron chi connectivity index (χ1n) is 5.46. The zero-order valence-corrected chi connectivity index (χ0v) is 10.9. The molecule has 0 fully saturated rings. The van der Waals surface area contributed by atoms with E-state index < -0.39 is 0 Å². The van der Waals surface area contributed by atoms with Gasteiger partial charge in [-0.25, -0.2) is 0 Å². The van der Waals surface area contributed by atoms with Crippen molar-refractivity contribution in [2.45, 2.75) is 44.9 Å². The highest BCUT2D eigenvalue weighted by Crippen LogP contribution is 2.40. The third-order valence-corrected chi connectivity index (χ3v) is 3.50. The Morgan fingerprint density at radius 1 is 1.27 bits per heavy atom. The fourth-order valence-electron chi connectivity index (χ4n) is 2.17. The summed E-state index contributed by atoms with van der Waals surface area (Å²) >= 11 is 1.36. The average Bonchev–Trinajstić information content (AvgIpc) is 2.17. The molecule has 15 heavy (non-hydrogen) atoms. The van der Waals surface area contributed by atoms with Crippen molar-refractivity contribution in [3.05, 3.63) is 29.8 Å². The molecule has 0 aliphatic rings. The largest absolute Gasteiger partial charge is 0.274 e. The molecule has 0 amide bonds. The van der Waals surface area contributed by atoms with Gasteiger partial charge in [0, 0.05) is 4.90 Å². The van der Waals surface area contributed by atoms with Crippen molar-refractivity contribution in [2.75, 3.05) is 0 Å². The highest BCUT2D eigenvalue weighted by Gasteiger charge is 2.26. The second kappa shape index (κ2) is 5.04. The molecule has 0 aliphatic heterocycles. The molecule has 0 saturated carbocycles. The van der Waals surface area contributed by atoms with Crippen LogP contribution in [0.3, 0.4) is 0 Å². The Kier molecular flexibility index (Phi) is 4.23. The van der Waals surface area contributed by atoms with Crippen LogP contribution in [0.1, 0.15) is 45.6 Å². The zero-order chi connectivity index (χ0) is 11.5. The maximum absolute atomic E-state index is 5.70. The summed E-state index contributed by atoms with van der Waals surface area (Å²) in [7, 11) is 0. The van der Waals surface area contributed by atoms with Crippen molar-refractivity contribution in [1.82, 2.24) is 0 Å². The van der Waals surface area contributed by atoms with Crippen LogP contribution in [0.4, 0.5) is 0 Å². The van der Waals surface area contributed by atoms with Crippen LogP contribution in [-0.2, 0) is 0 Å². The fourth-order valence-corrected chi connectivity index (χ4v) is 2.68. The molecule has 2 N–H and O–H groups in total. The van der Waals surface area contributed by atoms with Gasteiger partial charge in [0.25, 0.3) is 0 Å². The summed E-state index contributed by atoms with van der Waals surface area (Å²) in [6, 6.07) is 8.46. The standard InChI is InChI=1S/C13H21NS/c1-5-11(13(2,3)4)10-8-6-7-9-12(10)15-14/h6-9,11H,5,14H2,1-4H3. The molecule has 2 heteroatoms. The Morgan fingerprint density at radius 2 is 1.87 bits per heavy atom. The highest BCUT2D eigenvalue weighted by molar-refractivity contribution is 7.97. The van der Waals surface area contributed by atoms with Gasteiger partial charge in [0.15, 0.2) is 0 Å². The van der Waals surface area contributed by atoms with Gasteiger partial charge in [-0.05, 0) is 41.3 Å². The second-order valence-electron chi connectivity index (χ2n) is 4.98. The normalized spacial score (nSPS) is 13.9. The molecule has 1 unspecified atom stereocenters. The summed E-state index contributed by atoms with van der Waals surface area (Å²) in [5, 5.41) is 5.70. The number of benzene rings is 1. The molecule has 0 spiro atoms. The van der Waals surface area contributed by atoms with Gasteiger partial charge in [0.1, 0.15) is 0 Å². The zero-order valence-electron chi connectivity index (χ0n) is 10.1. The Labute approximate surface area is 97.6 Å². The van der Waals surface area contributed by atoms with Gasteiger partial charge in [0.05, 0.1) is 0 Å². The first-order valence-corrected chi connectivity index (χ1v) is 6.34. The predicted molar refractivity (Wildman–Crippen MR) is 69.0 cm³/mol. The fraction of sp³-hybridized carbons (Fsp3) is 0.538. The van der Waals surface area contributed by atoms with Crippen molar-refractivity contribution in [1.29, 1.82) is 0 Å². The quantitative estimate of drug-likeness (QED) is 0.777. The van der Waals surface area contributed by atoms with Crippen LogP contribution in [0, 0.1) is 5.41 Å². The van der Waals surface area contributed by atoms with E-state index in [1.165, 1.54) is 22.4 Å². The minimum Gasteiger partial charge on any atom is -0.274 e. The average molecular weight is 223 g/mol. The van der Waals surface area contributed by atoms with Crippen molar-refractivity contribution in [3.63, 3.8) is 0 Å². The molecule has 0 saturated heterocycles. The van der Waals surface area contributed by atoms with Crippen molar-refractivity contribution in [2.24, 2.45) is 10.6 Å². The Morgan fingerprint density at radius 3 is 2.33 bits per heavy atom. The second-order valence-corrected chi connectivity index (χ2v) is 5.66. The van der Waals surface area contributed by atoms with Crippen molar-refractivity contribution in [3.8, 4) is 0 Å². The lowest BCUT2D eigenvalue weighted by atomic mass is 9.75. The van der Waals surface area contributed by atoms with E-state index in [0.717, 1.165) is 6.42 Å². The summed E-state index contributed by atoms with van der Waals surface area (Å²) in [6.07, 6.45) is 1.15. The SMILES string of the molecule is CCC(c1ccccc1SN)C(C)(C)C. The van der Waals surface area contributed by atoms with Crippen LogP contribution in [0.5, 0.6) is 0 Å². The highest BCUT2D eigenvalue weighted by atomic mass is 32.2. The van der Waals surface area contributed by atoms with Crippen molar-refractivity contribution < 1.29 is 0 Å². The number of hydrogen-bond donors (Lipinski definition) is 1. The summed E-state index contributed by atoms with van der Waals surface area (Å²) in [5.41, 5.74) is 1.68. The van der Waals surface area contributed by atoms with Crippen LogP contribution in [-0.4, -0.2) is 0 Å². The molecule has 0 aromatic heterocycles. The Bertz CT molecular complexity index is 315. The molecule has 1 aromatic carbocycles. The van der Waals surface area contributed by atoms with Gasteiger partial charge in [-0.15, -0.1) is 0 Å². The molecule has 84 valence electrons. The third kappa shape index (κ3) is 2.99. The lowest BCUT2D eigenvalue weighted by Gasteiger charge is -2.31. The first kappa shape index (κ1) is 12.6. The molecule has 0 heterocycles. The van der Waals surface area contributed by atoms with Gasteiger partial charge < -0.3 is 0 Å².